The molecular weight excluding hydrogens is 341 g/mol. The smallest absolute Gasteiger partial charge is 0.127 e. The van der Waals surface area contributed by atoms with E-state index in [1.807, 2.05) is 18.2 Å². The fraction of sp³-hybridized carbons (Fsp3) is 0.333. The Morgan fingerprint density at radius 2 is 2.15 bits per heavy atom. The third kappa shape index (κ3) is 4.89. The van der Waals surface area contributed by atoms with E-state index in [2.05, 4.69) is 28.2 Å². The highest BCUT2D eigenvalue weighted by atomic mass is 79.9. The highest BCUT2D eigenvalue weighted by molar-refractivity contribution is 9.11. The van der Waals surface area contributed by atoms with Gasteiger partial charge < -0.3 is 10.1 Å². The number of benzene rings is 1. The van der Waals surface area contributed by atoms with Gasteiger partial charge in [0.15, 0.2) is 0 Å². The zero-order valence-electron chi connectivity index (χ0n) is 11.3. The molecule has 108 valence electrons. The molecule has 0 aliphatic carbocycles. The number of nitrogens with one attached hydrogen (secondary N) is 1. The van der Waals surface area contributed by atoms with E-state index in [1.54, 1.807) is 11.3 Å². The van der Waals surface area contributed by atoms with Gasteiger partial charge in [-0.3, -0.25) is 0 Å². The van der Waals surface area contributed by atoms with Crippen molar-refractivity contribution in [2.45, 2.75) is 26.5 Å². The maximum Gasteiger partial charge on any atom is 0.127 e. The average molecular weight is 358 g/mol. The lowest BCUT2D eigenvalue weighted by Crippen LogP contribution is -2.14. The van der Waals surface area contributed by atoms with Crippen LogP contribution < -0.4 is 10.1 Å². The fourth-order valence-electron chi connectivity index (χ4n) is 1.80. The minimum Gasteiger partial charge on any atom is -0.488 e. The summed E-state index contributed by atoms with van der Waals surface area (Å²) >= 11 is 5.03. The molecule has 0 atom stereocenters. The largest absolute Gasteiger partial charge is 0.488 e. The van der Waals surface area contributed by atoms with Crippen LogP contribution in [0.2, 0.25) is 0 Å². The van der Waals surface area contributed by atoms with Crippen molar-refractivity contribution in [3.05, 3.63) is 50.4 Å². The lowest BCUT2D eigenvalue weighted by Gasteiger charge is -2.08. The molecule has 1 aromatic heterocycles. The van der Waals surface area contributed by atoms with Gasteiger partial charge in [-0.25, -0.2) is 4.39 Å². The first-order valence-electron chi connectivity index (χ1n) is 6.54. The van der Waals surface area contributed by atoms with E-state index in [0.29, 0.717) is 18.9 Å². The molecule has 2 nitrogen and oxygen atoms in total. The Kier molecular flexibility index (Phi) is 6.01. The molecule has 0 aliphatic rings. The molecule has 1 N–H and O–H groups in total. The quantitative estimate of drug-likeness (QED) is 0.723. The molecule has 2 aromatic rings. The van der Waals surface area contributed by atoms with Crippen LogP contribution in [-0.2, 0) is 13.2 Å². The van der Waals surface area contributed by atoms with Gasteiger partial charge in [-0.15, -0.1) is 11.3 Å². The van der Waals surface area contributed by atoms with Crippen molar-refractivity contribution >= 4 is 27.3 Å². The van der Waals surface area contributed by atoms with Crippen molar-refractivity contribution in [1.29, 1.82) is 0 Å². The van der Waals surface area contributed by atoms with E-state index < -0.39 is 0 Å². The summed E-state index contributed by atoms with van der Waals surface area (Å²) in [4.78, 5) is 1.10. The Labute approximate surface area is 131 Å². The van der Waals surface area contributed by atoms with Crippen LogP contribution in [0, 0.1) is 5.82 Å². The fourth-order valence-corrected chi connectivity index (χ4v) is 3.20. The normalized spacial score (nSPS) is 10.8. The number of hydrogen-bond donors (Lipinski definition) is 1. The predicted octanol–water partition coefficient (Wildman–Crippen LogP) is 4.73. The Balaban J connectivity index is 1.96. The number of halogens is 2. The summed E-state index contributed by atoms with van der Waals surface area (Å²) in [6, 6.07) is 8.82. The molecule has 1 aromatic carbocycles. The van der Waals surface area contributed by atoms with E-state index in [-0.39, 0.29) is 5.82 Å². The first-order chi connectivity index (χ1) is 9.67. The number of ether oxygens (including phenoxy) is 1. The maximum absolute atomic E-state index is 13.6. The summed E-state index contributed by atoms with van der Waals surface area (Å²) in [7, 11) is 0. The first-order valence-corrected chi connectivity index (χ1v) is 8.15. The topological polar surface area (TPSA) is 21.3 Å². The molecule has 0 bridgehead atoms. The van der Waals surface area contributed by atoms with Crippen LogP contribution in [0.15, 0.2) is 34.1 Å². The van der Waals surface area contributed by atoms with E-state index in [9.17, 15) is 4.39 Å². The van der Waals surface area contributed by atoms with Crippen LogP contribution in [0.4, 0.5) is 4.39 Å². The third-order valence-corrected chi connectivity index (χ3v) is 4.29. The molecule has 0 saturated carbocycles. The summed E-state index contributed by atoms with van der Waals surface area (Å²) in [5, 5.41) is 3.26. The SMILES string of the molecule is CCCNCc1cc(F)cc(OCc2ccc(Br)s2)c1. The second kappa shape index (κ2) is 7.76. The molecule has 0 amide bonds. The number of hydrogen-bond acceptors (Lipinski definition) is 3. The minimum absolute atomic E-state index is 0.261. The van der Waals surface area contributed by atoms with Gasteiger partial charge in [0, 0.05) is 17.5 Å². The minimum atomic E-state index is -0.261. The molecule has 5 heteroatoms. The van der Waals surface area contributed by atoms with Crippen molar-refractivity contribution in [3.8, 4) is 5.75 Å². The van der Waals surface area contributed by atoms with Crippen molar-refractivity contribution in [1.82, 2.24) is 5.32 Å². The molecule has 0 saturated heterocycles. The maximum atomic E-state index is 13.6. The monoisotopic (exact) mass is 357 g/mol. The Morgan fingerprint density at radius 3 is 2.85 bits per heavy atom. The van der Waals surface area contributed by atoms with E-state index in [1.165, 1.54) is 12.1 Å². The van der Waals surface area contributed by atoms with E-state index >= 15 is 0 Å². The molecule has 1 heterocycles. The lowest BCUT2D eigenvalue weighted by atomic mass is 10.2. The van der Waals surface area contributed by atoms with Crippen molar-refractivity contribution in [2.75, 3.05) is 6.54 Å². The summed E-state index contributed by atoms with van der Waals surface area (Å²) in [5.74, 6) is 0.311. The van der Waals surface area contributed by atoms with Gasteiger partial charge in [-0.05, 0) is 58.7 Å². The molecule has 0 fully saturated rings. The molecule has 0 spiro atoms. The highest BCUT2D eigenvalue weighted by Gasteiger charge is 2.04. The molecule has 0 radical (unpaired) electrons. The van der Waals surface area contributed by atoms with E-state index in [4.69, 9.17) is 4.74 Å². The summed E-state index contributed by atoms with van der Waals surface area (Å²) in [6.45, 7) is 4.15. The Hall–Kier alpha value is -0.910. The van der Waals surface area contributed by atoms with Crippen LogP contribution in [0.25, 0.3) is 0 Å². The van der Waals surface area contributed by atoms with E-state index in [0.717, 1.165) is 27.2 Å². The molecule has 20 heavy (non-hydrogen) atoms. The third-order valence-electron chi connectivity index (χ3n) is 2.70. The zero-order valence-corrected chi connectivity index (χ0v) is 13.7. The summed E-state index contributed by atoms with van der Waals surface area (Å²) in [6.07, 6.45) is 1.06. The summed E-state index contributed by atoms with van der Waals surface area (Å²) < 4.78 is 20.3. The Bertz CT molecular complexity index is 559. The molecule has 2 rings (SSSR count). The van der Waals surface area contributed by atoms with Gasteiger partial charge in [-0.1, -0.05) is 6.92 Å². The van der Waals surface area contributed by atoms with Crippen LogP contribution in [-0.4, -0.2) is 6.54 Å². The van der Waals surface area contributed by atoms with Crippen LogP contribution >= 0.6 is 27.3 Å². The standard InChI is InChI=1S/C15H17BrFNOS/c1-2-5-18-9-11-6-12(17)8-13(7-11)19-10-14-3-4-15(16)20-14/h3-4,6-8,18H,2,5,9-10H2,1H3. The first kappa shape index (κ1) is 15.5. The molecule has 0 aliphatic heterocycles. The van der Waals surface area contributed by atoms with Gasteiger partial charge in [0.05, 0.1) is 3.79 Å². The second-order valence-corrected chi connectivity index (χ2v) is 7.01. The van der Waals surface area contributed by atoms with Gasteiger partial charge in [-0.2, -0.15) is 0 Å². The van der Waals surface area contributed by atoms with Crippen molar-refractivity contribution in [2.24, 2.45) is 0 Å². The van der Waals surface area contributed by atoms with Crippen LogP contribution in [0.1, 0.15) is 23.8 Å². The van der Waals surface area contributed by atoms with Crippen molar-refractivity contribution in [3.63, 3.8) is 0 Å². The number of rotatable bonds is 7. The number of thiophene rings is 1. The molecule has 0 unspecified atom stereocenters. The zero-order chi connectivity index (χ0) is 14.4. The summed E-state index contributed by atoms with van der Waals surface area (Å²) in [5.41, 5.74) is 0.904. The average Bonchev–Trinajstić information content (AvgIpc) is 2.82. The van der Waals surface area contributed by atoms with Crippen molar-refractivity contribution < 1.29 is 9.13 Å². The van der Waals surface area contributed by atoms with Gasteiger partial charge in [0.1, 0.15) is 18.2 Å². The predicted molar refractivity (Wildman–Crippen MR) is 84.7 cm³/mol. The second-order valence-electron chi connectivity index (χ2n) is 4.47. The van der Waals surface area contributed by atoms with Gasteiger partial charge in [0.2, 0.25) is 0 Å². The highest BCUT2D eigenvalue weighted by Crippen LogP contribution is 2.24. The Morgan fingerprint density at radius 1 is 1.30 bits per heavy atom. The molecular formula is C15H17BrFNOS. The van der Waals surface area contributed by atoms with Crippen LogP contribution in [0.5, 0.6) is 5.75 Å². The lowest BCUT2D eigenvalue weighted by molar-refractivity contribution is 0.307. The van der Waals surface area contributed by atoms with Gasteiger partial charge in [0.25, 0.3) is 0 Å². The van der Waals surface area contributed by atoms with Crippen LogP contribution in [0.3, 0.4) is 0 Å². The van der Waals surface area contributed by atoms with Gasteiger partial charge >= 0.3 is 0 Å².